The van der Waals surface area contributed by atoms with Crippen LogP contribution in [0.25, 0.3) is 10.8 Å². The highest BCUT2D eigenvalue weighted by Crippen LogP contribution is 2.49. The third kappa shape index (κ3) is 20.3. The van der Waals surface area contributed by atoms with Crippen LogP contribution in [0, 0.1) is 0 Å². The van der Waals surface area contributed by atoms with Crippen molar-refractivity contribution in [2.24, 2.45) is 0 Å². The van der Waals surface area contributed by atoms with Crippen molar-refractivity contribution < 1.29 is 37.9 Å². The summed E-state index contributed by atoms with van der Waals surface area (Å²) >= 11 is 0. The van der Waals surface area contributed by atoms with Crippen LogP contribution < -0.4 is 18.9 Å². The zero-order valence-corrected chi connectivity index (χ0v) is 70.1. The lowest BCUT2D eigenvalue weighted by molar-refractivity contribution is 0.0333. The number of benzene rings is 10. The fourth-order valence-electron chi connectivity index (χ4n) is 14.9. The molecule has 0 spiro atoms. The van der Waals surface area contributed by atoms with Crippen molar-refractivity contribution in [3.05, 3.63) is 332 Å². The molecule has 596 valence electrons. The van der Waals surface area contributed by atoms with Gasteiger partial charge in [0.05, 0.1) is 89.2 Å². The van der Waals surface area contributed by atoms with Crippen molar-refractivity contribution in [2.45, 2.75) is 181 Å². The second-order valence-corrected chi connectivity index (χ2v) is 34.7. The van der Waals surface area contributed by atoms with Crippen LogP contribution in [0.2, 0.25) is 0 Å². The molecule has 0 fully saturated rings. The summed E-state index contributed by atoms with van der Waals surface area (Å²) in [6.45, 7) is 42.0. The summed E-state index contributed by atoms with van der Waals surface area (Å²) in [4.78, 5) is 0. The minimum atomic E-state index is -0.607. The fourth-order valence-corrected chi connectivity index (χ4v) is 14.9. The van der Waals surface area contributed by atoms with Gasteiger partial charge in [-0.2, -0.15) is 0 Å². The molecule has 0 amide bonds. The normalized spacial score (nSPS) is 12.5. The zero-order valence-electron chi connectivity index (χ0n) is 70.1. The lowest BCUT2D eigenvalue weighted by Crippen LogP contribution is -2.31. The molecule has 114 heavy (non-hydrogen) atoms. The number of aromatic nitrogens is 6. The second kappa shape index (κ2) is 36.9. The Kier molecular flexibility index (Phi) is 27.0. The molecule has 0 bridgehead atoms. The Labute approximate surface area is 677 Å². The molecule has 0 saturated heterocycles. The van der Waals surface area contributed by atoms with E-state index in [9.17, 15) is 0 Å². The average molecular weight is 1530 g/mol. The Balaban J connectivity index is 0.545. The van der Waals surface area contributed by atoms with E-state index < -0.39 is 10.8 Å². The number of hydrogen-bond acceptors (Lipinski definition) is 12. The van der Waals surface area contributed by atoms with Gasteiger partial charge >= 0.3 is 0 Å². The first-order chi connectivity index (χ1) is 54.7. The minimum absolute atomic E-state index is 0.0187. The SMILES string of the molecule is CC(C)c1ccc(C(c2ccc(OCc3cn(CCOCCOCCOc4cccc5c(OCCOCCOCCn6cc(COc7ccc(C(c8ccc(C(C)C)cc8)(c8ccc(C(C)(C)C)cc8)c8ccc(C(C)(C)C)cc8)cc7)nn6)cccc45)nn3)cc2)(c2ccc(C(C)(C)C)cc2)c2ccc(C(C)(C)C)cc2)cc1. The number of ether oxygens (including phenoxy) is 8. The third-order valence-corrected chi connectivity index (χ3v) is 21.8. The van der Waals surface area contributed by atoms with Gasteiger partial charge in [-0.05, 0) is 148 Å². The first kappa shape index (κ1) is 83.2. The molecule has 0 atom stereocenters. The van der Waals surface area contributed by atoms with Crippen LogP contribution in [-0.2, 0) is 77.7 Å². The lowest BCUT2D eigenvalue weighted by Gasteiger charge is -2.38. The molecule has 14 nitrogen and oxygen atoms in total. The van der Waals surface area contributed by atoms with Gasteiger partial charge in [-0.25, -0.2) is 9.36 Å². The van der Waals surface area contributed by atoms with Gasteiger partial charge < -0.3 is 37.9 Å². The van der Waals surface area contributed by atoms with Crippen LogP contribution >= 0.6 is 0 Å². The maximum Gasteiger partial charge on any atom is 0.134 e. The van der Waals surface area contributed by atoms with Crippen LogP contribution in [0.15, 0.2) is 243 Å². The monoisotopic (exact) mass is 1530 g/mol. The summed E-state index contributed by atoms with van der Waals surface area (Å²) in [5, 5.41) is 19.5. The van der Waals surface area contributed by atoms with Crippen molar-refractivity contribution >= 4 is 10.8 Å². The Bertz CT molecular complexity index is 4550. The zero-order chi connectivity index (χ0) is 80.7. The van der Waals surface area contributed by atoms with Gasteiger partial charge in [0, 0.05) is 10.8 Å². The van der Waals surface area contributed by atoms with Crippen molar-refractivity contribution in [1.82, 2.24) is 30.0 Å². The topological polar surface area (TPSA) is 135 Å². The smallest absolute Gasteiger partial charge is 0.134 e. The minimum Gasteiger partial charge on any atom is -0.491 e. The molecule has 12 aromatic rings. The fraction of sp³-hybridized carbons (Fsp3) is 0.380. The Hall–Kier alpha value is -10.2. The summed E-state index contributed by atoms with van der Waals surface area (Å²) in [5.41, 5.74) is 17.7. The van der Waals surface area contributed by atoms with E-state index in [0.717, 1.165) is 56.3 Å². The molecule has 2 aromatic heterocycles. The molecule has 0 aliphatic rings. The highest BCUT2D eigenvalue weighted by atomic mass is 16.6. The van der Waals surface area contributed by atoms with Crippen molar-refractivity contribution in [3.8, 4) is 23.0 Å². The van der Waals surface area contributed by atoms with Crippen LogP contribution in [0.1, 0.15) is 212 Å². The van der Waals surface area contributed by atoms with E-state index in [1.807, 2.05) is 48.8 Å². The predicted molar refractivity (Wildman–Crippen MR) is 459 cm³/mol. The van der Waals surface area contributed by atoms with Crippen LogP contribution in [0.4, 0.5) is 0 Å². The van der Waals surface area contributed by atoms with E-state index in [0.29, 0.717) is 91.0 Å². The Morgan fingerprint density at radius 2 is 0.518 bits per heavy atom. The van der Waals surface area contributed by atoms with Gasteiger partial charge in [0.15, 0.2) is 0 Å². The molecular formula is C100H118N6O8. The maximum absolute atomic E-state index is 6.38. The van der Waals surface area contributed by atoms with Gasteiger partial charge in [0.2, 0.25) is 0 Å². The quantitative estimate of drug-likeness (QED) is 0.0273. The van der Waals surface area contributed by atoms with Crippen molar-refractivity contribution in [1.29, 1.82) is 0 Å². The van der Waals surface area contributed by atoms with Crippen LogP contribution in [-0.4, -0.2) is 96.1 Å². The standard InChI is InChI=1S/C100H118N6O8/c1-71(2)73-23-27-79(28-24-73)99(81-39-31-75(32-40-81)95(5,6)7,82-41-33-76(34-42-82)96(8,9)10)85-47-51-89(52-48-85)113-69-87-67-105(103-101-87)55-57-107-59-61-109-63-65-111-93-21-17-20-92-91(93)19-18-22-94(92)112-66-64-110-62-60-108-58-56-106-68-88(102-104-106)70-114-90-53-49-86(50-54-90)100(80-29-25-74(26-30-80)72(3)4,83-43-35-77(36-44-83)97(11,12)13)84-45-37-78(38-46-84)98(14,15)16/h17-54,67-68,71-72H,55-66,69-70H2,1-16H3. The van der Waals surface area contributed by atoms with Crippen LogP contribution in [0.3, 0.4) is 0 Å². The van der Waals surface area contributed by atoms with Gasteiger partial charge in [0.1, 0.15) is 60.8 Å². The summed E-state index contributed by atoms with van der Waals surface area (Å²) in [6, 6.07) is 84.6. The highest BCUT2D eigenvalue weighted by Gasteiger charge is 2.41. The molecule has 0 saturated carbocycles. The molecule has 14 heteroatoms. The van der Waals surface area contributed by atoms with Crippen LogP contribution in [0.5, 0.6) is 23.0 Å². The van der Waals surface area contributed by atoms with E-state index in [1.165, 1.54) is 66.8 Å². The maximum atomic E-state index is 6.38. The molecule has 0 unspecified atom stereocenters. The summed E-state index contributed by atoms with van der Waals surface area (Å²) < 4.78 is 52.4. The van der Waals surface area contributed by atoms with E-state index in [1.54, 1.807) is 9.36 Å². The van der Waals surface area contributed by atoms with Crippen molar-refractivity contribution in [3.63, 3.8) is 0 Å². The predicted octanol–water partition coefficient (Wildman–Crippen LogP) is 21.6. The molecule has 2 heterocycles. The van der Waals surface area contributed by atoms with Gasteiger partial charge in [-0.3, -0.25) is 0 Å². The van der Waals surface area contributed by atoms with Gasteiger partial charge in [-0.15, -0.1) is 10.2 Å². The molecule has 0 aliphatic carbocycles. The lowest BCUT2D eigenvalue weighted by atomic mass is 9.64. The molecule has 0 aliphatic heterocycles. The molecule has 0 N–H and O–H groups in total. The third-order valence-electron chi connectivity index (χ3n) is 21.8. The number of nitrogens with zero attached hydrogens (tertiary/aromatic N) is 6. The Morgan fingerprint density at radius 3 is 0.789 bits per heavy atom. The second-order valence-electron chi connectivity index (χ2n) is 34.7. The number of rotatable bonds is 36. The van der Waals surface area contributed by atoms with Crippen molar-refractivity contribution in [2.75, 3.05) is 66.1 Å². The molecular weight excluding hydrogens is 1410 g/mol. The summed E-state index contributed by atoms with van der Waals surface area (Å²) in [6.07, 6.45) is 3.81. The number of hydrogen-bond donors (Lipinski definition) is 0. The Morgan fingerprint density at radius 1 is 0.272 bits per heavy atom. The molecule has 0 radical (unpaired) electrons. The highest BCUT2D eigenvalue weighted by molar-refractivity contribution is 5.93. The van der Waals surface area contributed by atoms with E-state index in [-0.39, 0.29) is 34.9 Å². The largest absolute Gasteiger partial charge is 0.491 e. The van der Waals surface area contributed by atoms with E-state index >= 15 is 0 Å². The van der Waals surface area contributed by atoms with E-state index in [2.05, 4.69) is 326 Å². The van der Waals surface area contributed by atoms with Gasteiger partial charge in [0.25, 0.3) is 0 Å². The first-order valence-corrected chi connectivity index (χ1v) is 40.7. The number of fused-ring (bicyclic) bond motifs is 1. The summed E-state index contributed by atoms with van der Waals surface area (Å²) in [7, 11) is 0. The molecule has 12 rings (SSSR count). The van der Waals surface area contributed by atoms with Gasteiger partial charge in [-0.1, -0.05) is 315 Å². The summed E-state index contributed by atoms with van der Waals surface area (Å²) in [5.74, 6) is 3.85. The average Bonchev–Trinajstić information content (AvgIpc) is 0.792. The van der Waals surface area contributed by atoms with E-state index in [4.69, 9.17) is 37.9 Å². The molecule has 10 aromatic carbocycles. The first-order valence-electron chi connectivity index (χ1n) is 40.7.